The van der Waals surface area contributed by atoms with Crippen LogP contribution in [-0.2, 0) is 6.42 Å². The smallest absolute Gasteiger partial charge is 0.0373 e. The first-order valence-corrected chi connectivity index (χ1v) is 3.28. The summed E-state index contributed by atoms with van der Waals surface area (Å²) in [6.45, 7) is 1.11. The van der Waals surface area contributed by atoms with Crippen molar-refractivity contribution in [1.82, 2.24) is 0 Å². The van der Waals surface area contributed by atoms with Crippen molar-refractivity contribution >= 4 is 29.6 Å². The molecule has 1 N–H and O–H groups in total. The molecule has 0 atom stereocenters. The Morgan fingerprint density at radius 1 is 1.20 bits per heavy atom. The van der Waals surface area contributed by atoms with E-state index in [1.165, 1.54) is 17.7 Å². The van der Waals surface area contributed by atoms with Crippen LogP contribution in [0.5, 0.6) is 0 Å². The summed E-state index contributed by atoms with van der Waals surface area (Å²) in [5.74, 6) is 0. The summed E-state index contributed by atoms with van der Waals surface area (Å²) in [6, 6.07) is 8.46. The van der Waals surface area contributed by atoms with E-state index in [1.54, 1.807) is 0 Å². The number of fused-ring (bicyclic) bond motifs is 1. The summed E-state index contributed by atoms with van der Waals surface area (Å²) >= 11 is 0. The summed E-state index contributed by atoms with van der Waals surface area (Å²) in [4.78, 5) is 0. The molecule has 4 radical (unpaired) electrons. The SMILES string of the molecule is [Sn].c1ccc2c(c1)CCN2. The van der Waals surface area contributed by atoms with E-state index >= 15 is 0 Å². The molecule has 1 aliphatic rings. The van der Waals surface area contributed by atoms with Crippen molar-refractivity contribution in [2.75, 3.05) is 11.9 Å². The van der Waals surface area contributed by atoms with Gasteiger partial charge in [0.15, 0.2) is 0 Å². The maximum atomic E-state index is 3.30. The van der Waals surface area contributed by atoms with Crippen molar-refractivity contribution in [3.63, 3.8) is 0 Å². The molecule has 0 fully saturated rings. The van der Waals surface area contributed by atoms with Crippen LogP contribution in [-0.4, -0.2) is 30.5 Å². The van der Waals surface area contributed by atoms with Crippen LogP contribution >= 0.6 is 0 Å². The molecule has 0 bridgehead atoms. The van der Waals surface area contributed by atoms with Gasteiger partial charge in [-0.05, 0) is 18.1 Å². The minimum Gasteiger partial charge on any atom is -0.384 e. The molecule has 1 aromatic carbocycles. The zero-order valence-corrected chi connectivity index (χ0v) is 8.58. The molecular weight excluding hydrogens is 229 g/mol. The van der Waals surface area contributed by atoms with Crippen LogP contribution in [0.4, 0.5) is 5.69 Å². The summed E-state index contributed by atoms with van der Waals surface area (Å²) in [6.07, 6.45) is 1.19. The molecule has 0 aromatic heterocycles. The maximum Gasteiger partial charge on any atom is 0.0373 e. The Morgan fingerprint density at radius 3 is 2.80 bits per heavy atom. The van der Waals surface area contributed by atoms with E-state index in [0.29, 0.717) is 0 Å². The average Bonchev–Trinajstić information content (AvgIpc) is 2.33. The third-order valence-corrected chi connectivity index (χ3v) is 1.73. The second kappa shape index (κ2) is 3.28. The van der Waals surface area contributed by atoms with E-state index in [2.05, 4.69) is 29.6 Å². The van der Waals surface area contributed by atoms with Crippen LogP contribution in [0.15, 0.2) is 24.3 Å². The van der Waals surface area contributed by atoms with Crippen LogP contribution in [0.25, 0.3) is 0 Å². The maximum absolute atomic E-state index is 3.30. The number of benzene rings is 1. The average molecular weight is 238 g/mol. The van der Waals surface area contributed by atoms with E-state index in [9.17, 15) is 0 Å². The van der Waals surface area contributed by atoms with Crippen molar-refractivity contribution in [2.24, 2.45) is 0 Å². The molecule has 10 heavy (non-hydrogen) atoms. The Kier molecular flexibility index (Phi) is 2.60. The molecule has 1 aromatic rings. The van der Waals surface area contributed by atoms with Crippen molar-refractivity contribution in [1.29, 1.82) is 0 Å². The molecule has 2 heteroatoms. The Labute approximate surface area is 77.8 Å². The molecule has 2 rings (SSSR count). The minimum absolute atomic E-state index is 0. The second-order valence-electron chi connectivity index (χ2n) is 2.33. The normalized spacial score (nSPS) is 13.2. The van der Waals surface area contributed by atoms with Gasteiger partial charge in [0.1, 0.15) is 0 Å². The summed E-state index contributed by atoms with van der Waals surface area (Å²) in [5.41, 5.74) is 2.77. The zero-order valence-electron chi connectivity index (χ0n) is 5.72. The fraction of sp³-hybridized carbons (Fsp3) is 0.250. The molecule has 1 aliphatic heterocycles. The molecule has 0 amide bonds. The van der Waals surface area contributed by atoms with E-state index < -0.39 is 0 Å². The fourth-order valence-electron chi connectivity index (χ4n) is 1.24. The largest absolute Gasteiger partial charge is 0.384 e. The Bertz CT molecular complexity index is 199. The predicted octanol–water partition coefficient (Wildman–Crippen LogP) is 1.27. The Morgan fingerprint density at radius 2 is 2.00 bits per heavy atom. The van der Waals surface area contributed by atoms with Crippen molar-refractivity contribution in [2.45, 2.75) is 6.42 Å². The molecule has 0 saturated heterocycles. The molecule has 1 heterocycles. The summed E-state index contributed by atoms with van der Waals surface area (Å²) < 4.78 is 0. The fourth-order valence-corrected chi connectivity index (χ4v) is 1.24. The first-order chi connectivity index (χ1) is 4.47. The number of para-hydroxylation sites is 1. The van der Waals surface area contributed by atoms with Gasteiger partial charge in [-0.3, -0.25) is 0 Å². The molecule has 0 spiro atoms. The second-order valence-corrected chi connectivity index (χ2v) is 2.33. The van der Waals surface area contributed by atoms with Gasteiger partial charge in [-0.1, -0.05) is 18.2 Å². The Hall–Kier alpha value is -0.181. The van der Waals surface area contributed by atoms with Gasteiger partial charge >= 0.3 is 0 Å². The minimum atomic E-state index is 0. The molecule has 0 saturated carbocycles. The van der Waals surface area contributed by atoms with Crippen LogP contribution in [0, 0.1) is 0 Å². The van der Waals surface area contributed by atoms with E-state index in [0.717, 1.165) is 6.54 Å². The van der Waals surface area contributed by atoms with E-state index in [-0.39, 0.29) is 23.9 Å². The Balaban J connectivity index is 0.000000500. The topological polar surface area (TPSA) is 12.0 Å². The van der Waals surface area contributed by atoms with Crippen molar-refractivity contribution < 1.29 is 0 Å². The van der Waals surface area contributed by atoms with Gasteiger partial charge in [0.2, 0.25) is 0 Å². The number of rotatable bonds is 0. The predicted molar refractivity (Wildman–Crippen MR) is 44.4 cm³/mol. The van der Waals surface area contributed by atoms with Gasteiger partial charge in [0.05, 0.1) is 0 Å². The standard InChI is InChI=1S/C8H9N.Sn/c1-2-4-8-7(3-1)5-6-9-8;/h1-4,9H,5-6H2;. The molecule has 50 valence electrons. The first kappa shape index (κ1) is 7.92. The third-order valence-electron chi connectivity index (χ3n) is 1.73. The summed E-state index contributed by atoms with van der Waals surface area (Å²) in [7, 11) is 0. The number of hydrogen-bond donors (Lipinski definition) is 1. The first-order valence-electron chi connectivity index (χ1n) is 3.28. The van der Waals surface area contributed by atoms with Gasteiger partial charge in [0, 0.05) is 36.1 Å². The van der Waals surface area contributed by atoms with Crippen LogP contribution < -0.4 is 5.32 Å². The van der Waals surface area contributed by atoms with Crippen molar-refractivity contribution in [3.05, 3.63) is 29.8 Å². The number of anilines is 1. The monoisotopic (exact) mass is 239 g/mol. The number of nitrogens with one attached hydrogen (secondary N) is 1. The molecular formula is C8H9NSn. The van der Waals surface area contributed by atoms with Crippen LogP contribution in [0.1, 0.15) is 5.56 Å². The van der Waals surface area contributed by atoms with Gasteiger partial charge < -0.3 is 5.32 Å². The van der Waals surface area contributed by atoms with Crippen LogP contribution in [0.2, 0.25) is 0 Å². The van der Waals surface area contributed by atoms with Gasteiger partial charge in [-0.15, -0.1) is 0 Å². The summed E-state index contributed by atoms with van der Waals surface area (Å²) in [5, 5.41) is 3.30. The quantitative estimate of drug-likeness (QED) is 0.671. The van der Waals surface area contributed by atoms with E-state index in [1.807, 2.05) is 0 Å². The van der Waals surface area contributed by atoms with Gasteiger partial charge in [-0.2, -0.15) is 0 Å². The van der Waals surface area contributed by atoms with Gasteiger partial charge in [0.25, 0.3) is 0 Å². The number of hydrogen-bond acceptors (Lipinski definition) is 1. The molecule has 0 aliphatic carbocycles. The molecule has 1 nitrogen and oxygen atoms in total. The van der Waals surface area contributed by atoms with Crippen molar-refractivity contribution in [3.8, 4) is 0 Å². The third kappa shape index (κ3) is 1.29. The van der Waals surface area contributed by atoms with E-state index in [4.69, 9.17) is 0 Å². The molecule has 0 unspecified atom stereocenters. The van der Waals surface area contributed by atoms with Crippen LogP contribution in [0.3, 0.4) is 0 Å². The zero-order chi connectivity index (χ0) is 6.10. The van der Waals surface area contributed by atoms with Gasteiger partial charge in [-0.25, -0.2) is 0 Å².